The van der Waals surface area contributed by atoms with Gasteiger partial charge in [-0.05, 0) is 44.9 Å². The number of urea groups is 1. The molecule has 0 aliphatic carbocycles. The highest BCUT2D eigenvalue weighted by Crippen LogP contribution is 2.26. The molecule has 1 saturated heterocycles. The third kappa shape index (κ3) is 3.02. The number of aryl methyl sites for hydroxylation is 1. The maximum Gasteiger partial charge on any atom is 0.319 e. The van der Waals surface area contributed by atoms with Crippen molar-refractivity contribution in [3.05, 3.63) is 23.5 Å². The number of nitrogens with one attached hydrogen (secondary N) is 5. The van der Waals surface area contributed by atoms with Gasteiger partial charge in [-0.15, -0.1) is 0 Å². The Morgan fingerprint density at radius 1 is 1.22 bits per heavy atom. The molecule has 1 aliphatic heterocycles. The number of hydrazine groups is 1. The number of hydrogen-bond donors (Lipinski definition) is 5. The summed E-state index contributed by atoms with van der Waals surface area (Å²) in [5, 5.41) is 5.91. The number of carbonyl (C=O) groups excluding carboxylic acids is 1. The van der Waals surface area contributed by atoms with Gasteiger partial charge in [0.25, 0.3) is 0 Å². The summed E-state index contributed by atoms with van der Waals surface area (Å²) in [5.74, 6) is 0.360. The van der Waals surface area contributed by atoms with Crippen LogP contribution in [0.1, 0.15) is 25.0 Å². The molecular formula is C16H24N6O. The lowest BCUT2D eigenvalue weighted by atomic mass is 9.97. The second kappa shape index (κ2) is 6.17. The molecule has 2 atom stereocenters. The van der Waals surface area contributed by atoms with Crippen molar-refractivity contribution in [3.63, 3.8) is 0 Å². The Hall–Kier alpha value is -2.12. The number of aromatic nitrogens is 2. The average Bonchev–Trinajstić information content (AvgIpc) is 3.10. The van der Waals surface area contributed by atoms with E-state index >= 15 is 0 Å². The number of rotatable bonds is 3. The van der Waals surface area contributed by atoms with E-state index in [-0.39, 0.29) is 6.03 Å². The Labute approximate surface area is 135 Å². The van der Waals surface area contributed by atoms with E-state index in [9.17, 15) is 4.79 Å². The van der Waals surface area contributed by atoms with Crippen LogP contribution in [0.5, 0.6) is 0 Å². The minimum atomic E-state index is -0.183. The fourth-order valence-corrected chi connectivity index (χ4v) is 3.12. The van der Waals surface area contributed by atoms with E-state index in [2.05, 4.69) is 45.3 Å². The molecule has 7 heteroatoms. The van der Waals surface area contributed by atoms with Crippen LogP contribution in [0.4, 0.5) is 10.5 Å². The molecule has 2 heterocycles. The normalized spacial score (nSPS) is 24.1. The number of nitrogens with zero attached hydrogens (tertiary/aromatic N) is 1. The van der Waals surface area contributed by atoms with E-state index in [0.29, 0.717) is 24.5 Å². The molecule has 1 aromatic heterocycles. The Balaban J connectivity index is 1.67. The minimum Gasteiger partial charge on any atom is -0.345 e. The summed E-state index contributed by atoms with van der Waals surface area (Å²) in [6, 6.07) is 2.40. The predicted molar refractivity (Wildman–Crippen MR) is 91.3 cm³/mol. The van der Waals surface area contributed by atoms with E-state index < -0.39 is 0 Å². The Morgan fingerprint density at radius 3 is 2.61 bits per heavy atom. The zero-order valence-corrected chi connectivity index (χ0v) is 13.9. The van der Waals surface area contributed by atoms with Crippen LogP contribution in [0.25, 0.3) is 11.0 Å². The van der Waals surface area contributed by atoms with Gasteiger partial charge in [0.15, 0.2) is 0 Å². The van der Waals surface area contributed by atoms with Crippen molar-refractivity contribution in [1.29, 1.82) is 0 Å². The third-order valence-corrected chi connectivity index (χ3v) is 4.85. The van der Waals surface area contributed by atoms with Gasteiger partial charge >= 0.3 is 6.03 Å². The second-order valence-electron chi connectivity index (χ2n) is 6.34. The monoisotopic (exact) mass is 316 g/mol. The summed E-state index contributed by atoms with van der Waals surface area (Å²) in [6.45, 7) is 8.86. The van der Waals surface area contributed by atoms with Gasteiger partial charge in [-0.25, -0.2) is 9.78 Å². The molecule has 2 aromatic rings. The SMILES string of the molecule is Cc1c(NC(=O)NCC2C(C)NNC2C)cc2[nH]cnc2c1C. The van der Waals surface area contributed by atoms with E-state index in [1.807, 2.05) is 19.9 Å². The van der Waals surface area contributed by atoms with Crippen LogP contribution in [0.15, 0.2) is 12.4 Å². The number of H-pyrrole nitrogens is 1. The van der Waals surface area contributed by atoms with E-state index in [4.69, 9.17) is 0 Å². The predicted octanol–water partition coefficient (Wildman–Crippen LogP) is 1.80. The molecule has 3 rings (SSSR count). The summed E-state index contributed by atoms with van der Waals surface area (Å²) < 4.78 is 0. The summed E-state index contributed by atoms with van der Waals surface area (Å²) >= 11 is 0. The van der Waals surface area contributed by atoms with Crippen LogP contribution in [-0.4, -0.2) is 34.6 Å². The van der Waals surface area contributed by atoms with Gasteiger partial charge in [0.1, 0.15) is 0 Å². The highest BCUT2D eigenvalue weighted by Gasteiger charge is 2.29. The van der Waals surface area contributed by atoms with Crippen molar-refractivity contribution in [2.24, 2.45) is 5.92 Å². The first-order chi connectivity index (χ1) is 11.0. The molecular weight excluding hydrogens is 292 g/mol. The first kappa shape index (κ1) is 15.8. The summed E-state index contributed by atoms with van der Waals surface area (Å²) in [7, 11) is 0. The van der Waals surface area contributed by atoms with Gasteiger partial charge in [0, 0.05) is 30.2 Å². The largest absolute Gasteiger partial charge is 0.345 e. The lowest BCUT2D eigenvalue weighted by Gasteiger charge is -2.19. The molecule has 23 heavy (non-hydrogen) atoms. The van der Waals surface area contributed by atoms with E-state index in [1.165, 1.54) is 0 Å². The number of amides is 2. The first-order valence-electron chi connectivity index (χ1n) is 7.96. The van der Waals surface area contributed by atoms with Crippen LogP contribution < -0.4 is 21.5 Å². The van der Waals surface area contributed by atoms with Gasteiger partial charge < -0.3 is 15.6 Å². The molecule has 1 fully saturated rings. The third-order valence-electron chi connectivity index (χ3n) is 4.85. The van der Waals surface area contributed by atoms with Gasteiger partial charge in [-0.1, -0.05) is 0 Å². The van der Waals surface area contributed by atoms with E-state index in [1.54, 1.807) is 6.33 Å². The number of benzene rings is 1. The standard InChI is InChI=1S/C16H24N6O/c1-8-9(2)15-14(18-7-19-15)5-13(8)20-16(23)17-6-12-10(3)21-22-11(12)4/h5,7,10-12,21-22H,6H2,1-4H3,(H,18,19)(H2,17,20,23). The van der Waals surface area contributed by atoms with Crippen molar-refractivity contribution in [2.75, 3.05) is 11.9 Å². The molecule has 0 radical (unpaired) electrons. The van der Waals surface area contributed by atoms with Crippen molar-refractivity contribution < 1.29 is 4.79 Å². The first-order valence-corrected chi connectivity index (χ1v) is 7.96. The molecule has 1 aliphatic rings. The molecule has 124 valence electrons. The number of carbonyl (C=O) groups is 1. The smallest absolute Gasteiger partial charge is 0.319 e. The minimum absolute atomic E-state index is 0.183. The molecule has 2 unspecified atom stereocenters. The summed E-state index contributed by atoms with van der Waals surface area (Å²) in [6.07, 6.45) is 1.67. The molecule has 0 saturated carbocycles. The molecule has 0 spiro atoms. The average molecular weight is 316 g/mol. The van der Waals surface area contributed by atoms with Crippen LogP contribution >= 0.6 is 0 Å². The highest BCUT2D eigenvalue weighted by atomic mass is 16.2. The van der Waals surface area contributed by atoms with Crippen molar-refractivity contribution >= 4 is 22.8 Å². The number of aromatic amines is 1. The van der Waals surface area contributed by atoms with Gasteiger partial charge in [-0.2, -0.15) is 0 Å². The maximum absolute atomic E-state index is 12.2. The van der Waals surface area contributed by atoms with Crippen molar-refractivity contribution in [3.8, 4) is 0 Å². The number of imidazole rings is 1. The van der Waals surface area contributed by atoms with Crippen LogP contribution in [0.3, 0.4) is 0 Å². The molecule has 1 aromatic carbocycles. The van der Waals surface area contributed by atoms with Crippen molar-refractivity contribution in [2.45, 2.75) is 39.8 Å². The lowest BCUT2D eigenvalue weighted by molar-refractivity contribution is 0.249. The van der Waals surface area contributed by atoms with E-state index in [0.717, 1.165) is 27.8 Å². The summed E-state index contributed by atoms with van der Waals surface area (Å²) in [4.78, 5) is 19.6. The fraction of sp³-hybridized carbons (Fsp3) is 0.500. The van der Waals surface area contributed by atoms with Crippen molar-refractivity contribution in [1.82, 2.24) is 26.1 Å². The maximum atomic E-state index is 12.2. The number of fused-ring (bicyclic) bond motifs is 1. The molecule has 0 bridgehead atoms. The zero-order chi connectivity index (χ0) is 16.6. The lowest BCUT2D eigenvalue weighted by Crippen LogP contribution is -2.39. The molecule has 2 amide bonds. The summed E-state index contributed by atoms with van der Waals surface area (Å²) in [5.41, 5.74) is 11.2. The number of hydrogen-bond acceptors (Lipinski definition) is 4. The van der Waals surface area contributed by atoms with Gasteiger partial charge in [0.05, 0.1) is 17.4 Å². The van der Waals surface area contributed by atoms with Crippen LogP contribution in [0.2, 0.25) is 0 Å². The molecule has 5 N–H and O–H groups in total. The van der Waals surface area contributed by atoms with Crippen LogP contribution in [-0.2, 0) is 0 Å². The van der Waals surface area contributed by atoms with Crippen LogP contribution in [0, 0.1) is 19.8 Å². The fourth-order valence-electron chi connectivity index (χ4n) is 3.12. The van der Waals surface area contributed by atoms with Gasteiger partial charge in [0.2, 0.25) is 0 Å². The Morgan fingerprint density at radius 2 is 1.91 bits per heavy atom. The zero-order valence-electron chi connectivity index (χ0n) is 13.9. The topological polar surface area (TPSA) is 93.9 Å². The molecule has 7 nitrogen and oxygen atoms in total. The Kier molecular flexibility index (Phi) is 4.23. The second-order valence-corrected chi connectivity index (χ2v) is 6.34. The number of anilines is 1. The quantitative estimate of drug-likeness (QED) is 0.597. The van der Waals surface area contributed by atoms with Gasteiger partial charge in [-0.3, -0.25) is 10.9 Å². The highest BCUT2D eigenvalue weighted by molar-refractivity contribution is 5.94. The Bertz CT molecular complexity index is 715.